The lowest BCUT2D eigenvalue weighted by molar-refractivity contribution is -0.501. The largest absolute Gasteiger partial charge is 0.427 e. The molecule has 0 aliphatic carbocycles. The van der Waals surface area contributed by atoms with Crippen molar-refractivity contribution in [3.63, 3.8) is 0 Å². The van der Waals surface area contributed by atoms with Gasteiger partial charge in [-0.3, -0.25) is 0 Å². The van der Waals surface area contributed by atoms with Crippen molar-refractivity contribution in [2.45, 2.75) is 48.3 Å². The number of hydrogen-bond acceptors (Lipinski definition) is 6. The van der Waals surface area contributed by atoms with Crippen molar-refractivity contribution in [3.05, 3.63) is 0 Å². The lowest BCUT2D eigenvalue weighted by Crippen LogP contribution is -2.85. The molecule has 1 aliphatic rings. The van der Waals surface area contributed by atoms with Crippen LogP contribution in [0, 0.1) is 5.41 Å². The van der Waals surface area contributed by atoms with Gasteiger partial charge in [0.15, 0.2) is 0 Å². The molecule has 228 valence electrons. The Morgan fingerprint density at radius 2 is 0.763 bits per heavy atom. The minimum Gasteiger partial charge on any atom is -0.348 e. The zero-order valence-electron chi connectivity index (χ0n) is 17.0. The highest BCUT2D eigenvalue weighted by Crippen LogP contribution is 2.68. The molecule has 1 fully saturated rings. The van der Waals surface area contributed by atoms with Crippen molar-refractivity contribution in [1.82, 2.24) is 0 Å². The molecule has 0 amide bonds. The van der Waals surface area contributed by atoms with E-state index < -0.39 is 90.5 Å². The highest BCUT2D eigenvalue weighted by Gasteiger charge is 2.95. The summed E-state index contributed by atoms with van der Waals surface area (Å²) in [5.41, 5.74) is -21.5. The van der Waals surface area contributed by atoms with Gasteiger partial charge in [-0.2, -0.15) is 87.4 Å². The number of hydrogen-bond donors (Lipinski definition) is 0. The zero-order chi connectivity index (χ0) is 30.7. The molecule has 0 aromatic rings. The van der Waals surface area contributed by atoms with Crippen molar-refractivity contribution in [2.24, 2.45) is 5.41 Å². The molecule has 6 nitrogen and oxygen atoms in total. The van der Waals surface area contributed by atoms with Crippen LogP contribution in [0.1, 0.15) is 0 Å². The Kier molecular flexibility index (Phi) is 8.70. The first-order valence-corrected chi connectivity index (χ1v) is 9.88. The van der Waals surface area contributed by atoms with Crippen LogP contribution in [0.4, 0.5) is 79.0 Å². The fraction of sp³-hybridized carbons (Fsp3) is 1.00. The standard InChI is InChI=1S/C13H8F18O6S/c14-6(15,16)3-34-8(10(20,21)22,11(23,24)25)5(1-36-38(32,33)37-2-5)9(12(26,27)28,13(29,30)31)35-4-7(17,18)19/h1-4H2. The summed E-state index contributed by atoms with van der Waals surface area (Å²) < 4.78 is 277. The van der Waals surface area contributed by atoms with Crippen LogP contribution < -0.4 is 0 Å². The number of ether oxygens (including phenoxy) is 2. The summed E-state index contributed by atoms with van der Waals surface area (Å²) >= 11 is 0. The van der Waals surface area contributed by atoms with E-state index in [0.717, 1.165) is 0 Å². The SMILES string of the molecule is O=S1(=O)OCC(C(OCC(F)(F)F)(C(F)(F)F)C(F)(F)F)(C(OCC(F)(F)F)(C(F)(F)F)C(F)(F)F)CO1. The minimum absolute atomic E-state index is 2.67. The molecule has 0 radical (unpaired) electrons. The van der Waals surface area contributed by atoms with Crippen LogP contribution in [-0.4, -0.2) is 83.1 Å². The van der Waals surface area contributed by atoms with Gasteiger partial charge in [-0.1, -0.05) is 0 Å². The summed E-state index contributed by atoms with van der Waals surface area (Å²) in [7, 11) is -6.07. The van der Waals surface area contributed by atoms with E-state index in [1.807, 2.05) is 0 Å². The first-order valence-electron chi connectivity index (χ1n) is 8.55. The maximum Gasteiger partial charge on any atom is 0.427 e. The molecule has 25 heteroatoms. The van der Waals surface area contributed by atoms with Crippen LogP contribution in [0.25, 0.3) is 0 Å². The Hall–Kier alpha value is -1.47. The van der Waals surface area contributed by atoms with Gasteiger partial charge in [0, 0.05) is 0 Å². The van der Waals surface area contributed by atoms with Crippen molar-refractivity contribution in [1.29, 1.82) is 0 Å². The van der Waals surface area contributed by atoms with E-state index in [4.69, 9.17) is 0 Å². The molecule has 38 heavy (non-hydrogen) atoms. The Morgan fingerprint density at radius 1 is 0.526 bits per heavy atom. The second kappa shape index (κ2) is 9.57. The van der Waals surface area contributed by atoms with Gasteiger partial charge in [0.1, 0.15) is 18.6 Å². The fourth-order valence-electron chi connectivity index (χ4n) is 3.47. The lowest BCUT2D eigenvalue weighted by atomic mass is 9.59. The van der Waals surface area contributed by atoms with Crippen molar-refractivity contribution in [3.8, 4) is 0 Å². The molecular weight excluding hydrogens is 626 g/mol. The second-order valence-corrected chi connectivity index (χ2v) is 8.46. The predicted molar refractivity (Wildman–Crippen MR) is 77.0 cm³/mol. The van der Waals surface area contributed by atoms with Gasteiger partial charge < -0.3 is 9.47 Å². The summed E-state index contributed by atoms with van der Waals surface area (Å²) in [5, 5.41) is 0. The van der Waals surface area contributed by atoms with Gasteiger partial charge in [-0.15, -0.1) is 0 Å². The topological polar surface area (TPSA) is 71.1 Å². The second-order valence-electron chi connectivity index (χ2n) is 7.18. The van der Waals surface area contributed by atoms with Crippen molar-refractivity contribution >= 4 is 10.4 Å². The quantitative estimate of drug-likeness (QED) is 0.377. The predicted octanol–water partition coefficient (Wildman–Crippen LogP) is 5.15. The normalized spacial score (nSPS) is 20.5. The van der Waals surface area contributed by atoms with Gasteiger partial charge >= 0.3 is 47.5 Å². The Bertz CT molecular complexity index is 839. The summed E-state index contributed by atoms with van der Waals surface area (Å²) in [4.78, 5) is 0. The van der Waals surface area contributed by atoms with E-state index in [0.29, 0.717) is 0 Å². The van der Waals surface area contributed by atoms with Gasteiger partial charge in [0.25, 0.3) is 11.2 Å². The fourth-order valence-corrected chi connectivity index (χ4v) is 4.23. The molecule has 1 saturated heterocycles. The first-order chi connectivity index (χ1) is 16.3. The molecule has 0 saturated carbocycles. The molecule has 1 rings (SSSR count). The van der Waals surface area contributed by atoms with Gasteiger partial charge in [0.05, 0.1) is 13.2 Å². The molecule has 0 aromatic carbocycles. The Balaban J connectivity index is 4.51. The highest BCUT2D eigenvalue weighted by atomic mass is 32.3. The Labute approximate surface area is 197 Å². The van der Waals surface area contributed by atoms with Crippen molar-refractivity contribution in [2.75, 3.05) is 26.4 Å². The minimum atomic E-state index is -7.88. The van der Waals surface area contributed by atoms with E-state index in [9.17, 15) is 87.4 Å². The average Bonchev–Trinajstić information content (AvgIpc) is 2.57. The van der Waals surface area contributed by atoms with Gasteiger partial charge in [0.2, 0.25) is 0 Å². The van der Waals surface area contributed by atoms with E-state index >= 15 is 0 Å². The third-order valence-corrected chi connectivity index (χ3v) is 5.56. The van der Waals surface area contributed by atoms with Crippen LogP contribution >= 0.6 is 0 Å². The average molecular weight is 634 g/mol. The summed E-state index contributed by atoms with van der Waals surface area (Å²) in [6, 6.07) is 0. The maximum absolute atomic E-state index is 14.0. The van der Waals surface area contributed by atoms with Crippen molar-refractivity contribution < 1.29 is 105 Å². The van der Waals surface area contributed by atoms with E-state index in [1.54, 1.807) is 0 Å². The Morgan fingerprint density at radius 3 is 0.947 bits per heavy atom. The summed E-state index contributed by atoms with van der Waals surface area (Å²) in [5.74, 6) is 0. The van der Waals surface area contributed by atoms with Gasteiger partial charge in [-0.25, -0.2) is 8.37 Å². The molecule has 0 aromatic heterocycles. The molecule has 0 N–H and O–H groups in total. The third-order valence-electron chi connectivity index (χ3n) is 4.75. The van der Waals surface area contributed by atoms with Crippen LogP contribution in [0.2, 0.25) is 0 Å². The monoisotopic (exact) mass is 634 g/mol. The molecule has 0 bridgehead atoms. The highest BCUT2D eigenvalue weighted by molar-refractivity contribution is 7.81. The number of rotatable bonds is 6. The molecule has 0 atom stereocenters. The van der Waals surface area contributed by atoms with Crippen LogP contribution in [0.15, 0.2) is 0 Å². The lowest BCUT2D eigenvalue weighted by Gasteiger charge is -2.58. The molecule has 0 spiro atoms. The number of alkyl halides is 18. The molecule has 0 unspecified atom stereocenters. The molecular formula is C13H8F18O6S. The maximum atomic E-state index is 14.0. The number of halogens is 18. The molecule has 1 heterocycles. The first kappa shape index (κ1) is 34.6. The van der Waals surface area contributed by atoms with Gasteiger partial charge in [-0.05, 0) is 0 Å². The zero-order valence-corrected chi connectivity index (χ0v) is 17.8. The van der Waals surface area contributed by atoms with E-state index in [-0.39, 0.29) is 0 Å². The van der Waals surface area contributed by atoms with E-state index in [2.05, 4.69) is 17.8 Å². The van der Waals surface area contributed by atoms with Crippen LogP contribution in [-0.2, 0) is 28.2 Å². The summed E-state index contributed by atoms with van der Waals surface area (Å²) in [6.45, 7) is -15.3. The third kappa shape index (κ3) is 5.99. The van der Waals surface area contributed by atoms with Crippen LogP contribution in [0.3, 0.4) is 0 Å². The summed E-state index contributed by atoms with van der Waals surface area (Å²) in [6.07, 6.45) is -44.3. The molecule has 1 aliphatic heterocycles. The smallest absolute Gasteiger partial charge is 0.348 e. The van der Waals surface area contributed by atoms with Crippen LogP contribution in [0.5, 0.6) is 0 Å². The van der Waals surface area contributed by atoms with E-state index in [1.165, 1.54) is 0 Å².